The summed E-state index contributed by atoms with van der Waals surface area (Å²) >= 11 is 0. The van der Waals surface area contributed by atoms with Gasteiger partial charge in [0.1, 0.15) is 11.3 Å². The van der Waals surface area contributed by atoms with Crippen molar-refractivity contribution in [3.63, 3.8) is 0 Å². The van der Waals surface area contributed by atoms with Gasteiger partial charge in [-0.3, -0.25) is 14.9 Å². The van der Waals surface area contributed by atoms with E-state index in [4.69, 9.17) is 4.74 Å². The average Bonchev–Trinajstić information content (AvgIpc) is 2.31. The first kappa shape index (κ1) is 16.6. The number of ether oxygens (including phenoxy) is 1. The van der Waals surface area contributed by atoms with Crippen molar-refractivity contribution < 1.29 is 14.5 Å². The summed E-state index contributed by atoms with van der Waals surface area (Å²) in [5, 5.41) is 20.1. The molecule has 0 radical (unpaired) electrons. The number of hydrogen-bond acceptors (Lipinski definition) is 6. The molecule has 0 N–H and O–H groups in total. The van der Waals surface area contributed by atoms with Gasteiger partial charge in [-0.1, -0.05) is 0 Å². The number of hydrogen-bond donors (Lipinski definition) is 0. The molecule has 0 aliphatic heterocycles. The number of aryl methyl sites for hydroxylation is 2. The maximum atomic E-state index is 12.1. The Morgan fingerprint density at radius 1 is 1.48 bits per heavy atom. The second-order valence-electron chi connectivity index (χ2n) is 5.65. The van der Waals surface area contributed by atoms with E-state index in [1.54, 1.807) is 27.7 Å². The van der Waals surface area contributed by atoms with Crippen molar-refractivity contribution in [1.29, 1.82) is 5.26 Å². The number of pyridine rings is 1. The minimum absolute atomic E-state index is 0.142. The summed E-state index contributed by atoms with van der Waals surface area (Å²) in [7, 11) is 0. The average molecular weight is 291 g/mol. The van der Waals surface area contributed by atoms with Gasteiger partial charge in [-0.25, -0.2) is 4.98 Å². The molecule has 0 aromatic carbocycles. The second-order valence-corrected chi connectivity index (χ2v) is 5.65. The fourth-order valence-corrected chi connectivity index (χ4v) is 1.77. The first-order chi connectivity index (χ1) is 9.56. The lowest BCUT2D eigenvalue weighted by molar-refractivity contribution is -0.385. The zero-order valence-corrected chi connectivity index (χ0v) is 12.6. The minimum Gasteiger partial charge on any atom is -0.459 e. The summed E-state index contributed by atoms with van der Waals surface area (Å²) in [5.74, 6) is -1.92. The molecule has 1 rings (SSSR count). The molecule has 0 saturated carbocycles. The maximum absolute atomic E-state index is 12.1. The van der Waals surface area contributed by atoms with Gasteiger partial charge in [-0.05, 0) is 40.2 Å². The molecular formula is C14H17N3O4. The third-order valence-corrected chi connectivity index (χ3v) is 2.66. The van der Waals surface area contributed by atoms with Gasteiger partial charge in [-0.2, -0.15) is 5.26 Å². The highest BCUT2D eigenvalue weighted by Crippen LogP contribution is 2.26. The Hall–Kier alpha value is -2.49. The number of carbonyl (C=O) groups excluding carboxylic acids is 1. The molecular weight excluding hydrogens is 274 g/mol. The SMILES string of the molecule is Cc1cc([N+](=O)[O-])c(C)nc1C(C#N)C(=O)OC(C)(C)C. The van der Waals surface area contributed by atoms with Crippen molar-refractivity contribution in [3.05, 3.63) is 33.1 Å². The molecule has 1 unspecified atom stereocenters. The normalized spacial score (nSPS) is 12.4. The van der Waals surface area contributed by atoms with Gasteiger partial charge in [0.05, 0.1) is 16.7 Å². The fraction of sp³-hybridized carbons (Fsp3) is 0.500. The lowest BCUT2D eigenvalue weighted by Crippen LogP contribution is -2.28. The van der Waals surface area contributed by atoms with Crippen LogP contribution in [0.4, 0.5) is 5.69 Å². The summed E-state index contributed by atoms with van der Waals surface area (Å²) in [5.41, 5.74) is -0.114. The van der Waals surface area contributed by atoms with E-state index in [0.717, 1.165) is 0 Å². The maximum Gasteiger partial charge on any atom is 0.330 e. The third-order valence-electron chi connectivity index (χ3n) is 2.66. The van der Waals surface area contributed by atoms with E-state index in [1.165, 1.54) is 13.0 Å². The Kier molecular flexibility index (Phi) is 4.63. The van der Waals surface area contributed by atoms with E-state index in [-0.39, 0.29) is 17.1 Å². The molecule has 1 aromatic heterocycles. The largest absolute Gasteiger partial charge is 0.459 e. The molecule has 0 aliphatic rings. The van der Waals surface area contributed by atoms with Crippen molar-refractivity contribution in [1.82, 2.24) is 4.98 Å². The highest BCUT2D eigenvalue weighted by Gasteiger charge is 2.30. The number of nitro groups is 1. The summed E-state index contributed by atoms with van der Waals surface area (Å²) in [6.45, 7) is 8.12. The fourth-order valence-electron chi connectivity index (χ4n) is 1.77. The van der Waals surface area contributed by atoms with Gasteiger partial charge in [-0.15, -0.1) is 0 Å². The predicted octanol–water partition coefficient (Wildman–Crippen LogP) is 2.56. The third kappa shape index (κ3) is 3.99. The van der Waals surface area contributed by atoms with Crippen LogP contribution in [0.15, 0.2) is 6.07 Å². The Morgan fingerprint density at radius 2 is 2.05 bits per heavy atom. The van der Waals surface area contributed by atoms with Crippen molar-refractivity contribution >= 4 is 11.7 Å². The number of carbonyl (C=O) groups is 1. The standard InChI is InChI=1S/C14H17N3O4/c1-8-6-11(17(19)20)9(2)16-12(8)10(7-15)13(18)21-14(3,4)5/h6,10H,1-5H3. The topological polar surface area (TPSA) is 106 Å². The molecule has 0 aliphatic carbocycles. The summed E-state index contributed by atoms with van der Waals surface area (Å²) in [6.07, 6.45) is 0. The van der Waals surface area contributed by atoms with E-state index in [2.05, 4.69) is 4.98 Å². The lowest BCUT2D eigenvalue weighted by Gasteiger charge is -2.21. The van der Waals surface area contributed by atoms with Crippen LogP contribution in [0.3, 0.4) is 0 Å². The molecule has 7 nitrogen and oxygen atoms in total. The lowest BCUT2D eigenvalue weighted by atomic mass is 10.0. The van der Waals surface area contributed by atoms with E-state index < -0.39 is 22.4 Å². The molecule has 1 aromatic rings. The minimum atomic E-state index is -1.20. The van der Waals surface area contributed by atoms with Gasteiger partial charge >= 0.3 is 5.97 Å². The Balaban J connectivity index is 3.25. The molecule has 0 fully saturated rings. The summed E-state index contributed by atoms with van der Waals surface area (Å²) in [6, 6.07) is 3.16. The van der Waals surface area contributed by atoms with Crippen LogP contribution in [0.2, 0.25) is 0 Å². The van der Waals surface area contributed by atoms with Crippen LogP contribution < -0.4 is 0 Å². The molecule has 0 bridgehead atoms. The Bertz CT molecular complexity index is 626. The van der Waals surface area contributed by atoms with Crippen LogP contribution in [-0.4, -0.2) is 21.5 Å². The Morgan fingerprint density at radius 3 is 2.48 bits per heavy atom. The quantitative estimate of drug-likeness (QED) is 0.481. The monoisotopic (exact) mass is 291 g/mol. The molecule has 1 heterocycles. The van der Waals surface area contributed by atoms with E-state index in [0.29, 0.717) is 5.56 Å². The second kappa shape index (κ2) is 5.87. The first-order valence-corrected chi connectivity index (χ1v) is 6.32. The molecule has 7 heteroatoms. The van der Waals surface area contributed by atoms with Crippen LogP contribution in [0, 0.1) is 35.3 Å². The van der Waals surface area contributed by atoms with Crippen molar-refractivity contribution in [3.8, 4) is 6.07 Å². The first-order valence-electron chi connectivity index (χ1n) is 6.32. The Labute approximate surface area is 122 Å². The van der Waals surface area contributed by atoms with E-state index in [1.807, 2.05) is 6.07 Å². The number of aromatic nitrogens is 1. The molecule has 1 atom stereocenters. The van der Waals surface area contributed by atoms with Gasteiger partial charge < -0.3 is 4.74 Å². The van der Waals surface area contributed by atoms with Crippen molar-refractivity contribution in [2.45, 2.75) is 46.1 Å². The van der Waals surface area contributed by atoms with E-state index >= 15 is 0 Å². The molecule has 0 spiro atoms. The molecule has 0 saturated heterocycles. The van der Waals surface area contributed by atoms with Crippen molar-refractivity contribution in [2.24, 2.45) is 0 Å². The van der Waals surface area contributed by atoms with E-state index in [9.17, 15) is 20.2 Å². The van der Waals surface area contributed by atoms with Gasteiger partial charge in [0.25, 0.3) is 5.69 Å². The van der Waals surface area contributed by atoms with Crippen LogP contribution >= 0.6 is 0 Å². The molecule has 21 heavy (non-hydrogen) atoms. The van der Waals surface area contributed by atoms with Gasteiger partial charge in [0.2, 0.25) is 0 Å². The van der Waals surface area contributed by atoms with Crippen LogP contribution in [0.1, 0.15) is 43.6 Å². The highest BCUT2D eigenvalue weighted by molar-refractivity contribution is 5.81. The number of esters is 1. The zero-order valence-electron chi connectivity index (χ0n) is 12.6. The van der Waals surface area contributed by atoms with Crippen LogP contribution in [0.25, 0.3) is 0 Å². The number of nitriles is 1. The number of nitrogens with zero attached hydrogens (tertiary/aromatic N) is 3. The molecule has 112 valence electrons. The highest BCUT2D eigenvalue weighted by atomic mass is 16.6. The molecule has 0 amide bonds. The summed E-state index contributed by atoms with van der Waals surface area (Å²) < 4.78 is 5.18. The predicted molar refractivity (Wildman–Crippen MR) is 74.6 cm³/mol. The van der Waals surface area contributed by atoms with Gasteiger partial charge in [0.15, 0.2) is 5.92 Å². The van der Waals surface area contributed by atoms with Crippen LogP contribution in [0.5, 0.6) is 0 Å². The zero-order chi connectivity index (χ0) is 16.4. The smallest absolute Gasteiger partial charge is 0.330 e. The van der Waals surface area contributed by atoms with Gasteiger partial charge in [0, 0.05) is 6.07 Å². The van der Waals surface area contributed by atoms with Crippen molar-refractivity contribution in [2.75, 3.05) is 0 Å². The van der Waals surface area contributed by atoms with Crippen LogP contribution in [-0.2, 0) is 9.53 Å². The summed E-state index contributed by atoms with van der Waals surface area (Å²) in [4.78, 5) is 26.4. The number of rotatable bonds is 3.